The van der Waals surface area contributed by atoms with E-state index >= 15 is 0 Å². The standard InChI is InChI=1S/C17H17F3N4O3/c18-17(19,20)13-2-1-10-6-23(7-11(10)5-13)24(9-25)8-16(12-3-4-12)14(26)21-15(27)22-16/h1-2,5,9,12H,3-4,6-8H2,(H2,21,22,26,27)/t16-/m0/s1. The number of fused-ring (bicyclic) bond motifs is 1. The molecule has 4 rings (SSSR count). The lowest BCUT2D eigenvalue weighted by Crippen LogP contribution is -2.59. The Bertz CT molecular complexity index is 824. The fourth-order valence-corrected chi connectivity index (χ4v) is 3.80. The summed E-state index contributed by atoms with van der Waals surface area (Å²) in [6.45, 7) is 0.315. The van der Waals surface area contributed by atoms with Gasteiger partial charge in [-0.1, -0.05) is 6.07 Å². The van der Waals surface area contributed by atoms with Crippen LogP contribution in [0.4, 0.5) is 18.0 Å². The lowest BCUT2D eigenvalue weighted by molar-refractivity contribution is -0.142. The Morgan fingerprint density at radius 2 is 1.93 bits per heavy atom. The second-order valence-corrected chi connectivity index (χ2v) is 7.16. The summed E-state index contributed by atoms with van der Waals surface area (Å²) in [5, 5.41) is 7.71. The molecule has 2 aliphatic heterocycles. The second-order valence-electron chi connectivity index (χ2n) is 7.16. The van der Waals surface area contributed by atoms with E-state index in [4.69, 9.17) is 0 Å². The first-order valence-corrected chi connectivity index (χ1v) is 8.52. The number of rotatable bonds is 5. The van der Waals surface area contributed by atoms with Gasteiger partial charge in [0.15, 0.2) is 0 Å². The van der Waals surface area contributed by atoms with Gasteiger partial charge < -0.3 is 5.32 Å². The van der Waals surface area contributed by atoms with Crippen molar-refractivity contribution < 1.29 is 27.6 Å². The van der Waals surface area contributed by atoms with Crippen LogP contribution in [0.2, 0.25) is 0 Å². The Morgan fingerprint density at radius 3 is 2.48 bits per heavy atom. The molecule has 27 heavy (non-hydrogen) atoms. The van der Waals surface area contributed by atoms with Crippen LogP contribution in [-0.2, 0) is 28.9 Å². The van der Waals surface area contributed by atoms with E-state index in [1.54, 1.807) is 5.01 Å². The summed E-state index contributed by atoms with van der Waals surface area (Å²) in [6.07, 6.45) is -2.38. The normalized spacial score (nSPS) is 25.1. The minimum Gasteiger partial charge on any atom is -0.321 e. The number of hydrogen-bond donors (Lipinski definition) is 2. The van der Waals surface area contributed by atoms with Gasteiger partial charge in [-0.15, -0.1) is 0 Å². The van der Waals surface area contributed by atoms with Gasteiger partial charge in [0, 0.05) is 13.1 Å². The van der Waals surface area contributed by atoms with Gasteiger partial charge >= 0.3 is 12.2 Å². The van der Waals surface area contributed by atoms with Crippen LogP contribution in [0.3, 0.4) is 0 Å². The minimum atomic E-state index is -4.44. The Kier molecular flexibility index (Phi) is 3.91. The number of carbonyl (C=O) groups is 3. The first-order chi connectivity index (χ1) is 12.7. The number of hydrogen-bond acceptors (Lipinski definition) is 4. The molecule has 0 spiro atoms. The van der Waals surface area contributed by atoms with Crippen LogP contribution < -0.4 is 10.6 Å². The van der Waals surface area contributed by atoms with Crippen molar-refractivity contribution in [2.24, 2.45) is 5.92 Å². The Labute approximate surface area is 152 Å². The number of alkyl halides is 3. The Balaban J connectivity index is 1.54. The van der Waals surface area contributed by atoms with E-state index in [1.807, 2.05) is 0 Å². The number of carbonyl (C=O) groups excluding carboxylic acids is 3. The maximum Gasteiger partial charge on any atom is 0.416 e. The third-order valence-corrected chi connectivity index (χ3v) is 5.38. The smallest absolute Gasteiger partial charge is 0.321 e. The molecule has 4 amide bonds. The third kappa shape index (κ3) is 3.03. The highest BCUT2D eigenvalue weighted by molar-refractivity contribution is 6.07. The zero-order chi connectivity index (χ0) is 19.4. The molecule has 2 N–H and O–H groups in total. The molecule has 1 atom stereocenters. The second kappa shape index (κ2) is 5.95. The molecule has 1 aliphatic carbocycles. The van der Waals surface area contributed by atoms with Crippen molar-refractivity contribution in [3.8, 4) is 0 Å². The number of urea groups is 1. The summed E-state index contributed by atoms with van der Waals surface area (Å²) >= 11 is 0. The van der Waals surface area contributed by atoms with Crippen molar-refractivity contribution in [3.05, 3.63) is 34.9 Å². The SMILES string of the molecule is O=CN(C[C@@]1(C2CC2)NC(=O)NC1=O)N1Cc2ccc(C(F)(F)F)cc2C1. The van der Waals surface area contributed by atoms with E-state index in [2.05, 4.69) is 10.6 Å². The highest BCUT2D eigenvalue weighted by atomic mass is 19.4. The van der Waals surface area contributed by atoms with Gasteiger partial charge in [-0.25, -0.2) is 9.80 Å². The molecule has 2 fully saturated rings. The fraction of sp³-hybridized carbons (Fsp3) is 0.471. The molecular formula is C17H17F3N4O3. The van der Waals surface area contributed by atoms with Crippen LogP contribution in [0.25, 0.3) is 0 Å². The predicted molar refractivity (Wildman–Crippen MR) is 85.6 cm³/mol. The lowest BCUT2D eigenvalue weighted by atomic mass is 9.93. The number of hydrazine groups is 1. The van der Waals surface area contributed by atoms with E-state index in [1.165, 1.54) is 11.1 Å². The molecule has 0 radical (unpaired) electrons. The van der Waals surface area contributed by atoms with Crippen molar-refractivity contribution in [2.75, 3.05) is 6.54 Å². The van der Waals surface area contributed by atoms with Crippen molar-refractivity contribution in [3.63, 3.8) is 0 Å². The maximum absolute atomic E-state index is 12.9. The summed E-state index contributed by atoms with van der Waals surface area (Å²) in [7, 11) is 0. The van der Waals surface area contributed by atoms with Crippen LogP contribution >= 0.6 is 0 Å². The Hall–Kier alpha value is -2.62. The van der Waals surface area contributed by atoms with E-state index in [0.717, 1.165) is 25.0 Å². The van der Waals surface area contributed by atoms with Crippen molar-refractivity contribution >= 4 is 18.3 Å². The highest BCUT2D eigenvalue weighted by Gasteiger charge is 2.57. The number of nitrogens with zero attached hydrogens (tertiary/aromatic N) is 2. The van der Waals surface area contributed by atoms with Crippen molar-refractivity contribution in [2.45, 2.75) is 37.6 Å². The monoisotopic (exact) mass is 382 g/mol. The molecular weight excluding hydrogens is 365 g/mol. The van der Waals surface area contributed by atoms with Crippen molar-refractivity contribution in [1.29, 1.82) is 0 Å². The zero-order valence-corrected chi connectivity index (χ0v) is 14.2. The summed E-state index contributed by atoms with van der Waals surface area (Å²) in [5.41, 5.74) is -0.755. The Morgan fingerprint density at radius 1 is 1.22 bits per heavy atom. The number of benzene rings is 1. The average molecular weight is 382 g/mol. The van der Waals surface area contributed by atoms with Gasteiger partial charge in [0.2, 0.25) is 6.41 Å². The van der Waals surface area contributed by atoms with Gasteiger partial charge in [-0.2, -0.15) is 13.2 Å². The summed E-state index contributed by atoms with van der Waals surface area (Å²) in [4.78, 5) is 35.7. The topological polar surface area (TPSA) is 81.8 Å². The molecule has 0 aromatic heterocycles. The number of halogens is 3. The van der Waals surface area contributed by atoms with Crippen LogP contribution in [-0.4, -0.2) is 40.4 Å². The van der Waals surface area contributed by atoms with E-state index in [-0.39, 0.29) is 25.6 Å². The van der Waals surface area contributed by atoms with Gasteiger partial charge in [0.1, 0.15) is 5.54 Å². The van der Waals surface area contributed by atoms with E-state index in [9.17, 15) is 27.6 Å². The third-order valence-electron chi connectivity index (χ3n) is 5.38. The molecule has 2 heterocycles. The molecule has 1 aromatic carbocycles. The number of imide groups is 1. The molecule has 144 valence electrons. The summed E-state index contributed by atoms with van der Waals surface area (Å²) < 4.78 is 38.7. The van der Waals surface area contributed by atoms with Crippen LogP contribution in [0, 0.1) is 5.92 Å². The molecule has 10 heteroatoms. The lowest BCUT2D eigenvalue weighted by Gasteiger charge is -2.35. The van der Waals surface area contributed by atoms with Crippen LogP contribution in [0.1, 0.15) is 29.5 Å². The average Bonchev–Trinajstić information content (AvgIpc) is 3.29. The molecule has 0 bridgehead atoms. The van der Waals surface area contributed by atoms with Crippen LogP contribution in [0.5, 0.6) is 0 Å². The van der Waals surface area contributed by atoms with Gasteiger partial charge in [-0.05, 0) is 42.0 Å². The molecule has 1 aromatic rings. The largest absolute Gasteiger partial charge is 0.416 e. The van der Waals surface area contributed by atoms with Crippen molar-refractivity contribution in [1.82, 2.24) is 20.7 Å². The summed E-state index contributed by atoms with van der Waals surface area (Å²) in [5.74, 6) is -0.536. The van der Waals surface area contributed by atoms with Gasteiger partial charge in [0.05, 0.1) is 12.1 Å². The van der Waals surface area contributed by atoms with Gasteiger partial charge in [-0.3, -0.25) is 19.9 Å². The van der Waals surface area contributed by atoms with Crippen LogP contribution in [0.15, 0.2) is 18.2 Å². The first-order valence-electron chi connectivity index (χ1n) is 8.52. The first kappa shape index (κ1) is 17.8. The molecule has 3 aliphatic rings. The van der Waals surface area contributed by atoms with E-state index in [0.29, 0.717) is 17.5 Å². The quantitative estimate of drug-likeness (QED) is 0.596. The fourth-order valence-electron chi connectivity index (χ4n) is 3.80. The highest BCUT2D eigenvalue weighted by Crippen LogP contribution is 2.42. The minimum absolute atomic E-state index is 0.0567. The molecule has 7 nitrogen and oxygen atoms in total. The maximum atomic E-state index is 12.9. The molecule has 0 unspecified atom stereocenters. The zero-order valence-electron chi connectivity index (χ0n) is 14.2. The number of nitrogens with one attached hydrogen (secondary N) is 2. The summed E-state index contributed by atoms with van der Waals surface area (Å²) in [6, 6.07) is 2.91. The predicted octanol–water partition coefficient (Wildman–Crippen LogP) is 1.38. The molecule has 1 saturated carbocycles. The van der Waals surface area contributed by atoms with E-state index < -0.39 is 29.2 Å². The number of amides is 4. The van der Waals surface area contributed by atoms with Gasteiger partial charge in [0.25, 0.3) is 5.91 Å². The molecule has 1 saturated heterocycles.